The molecule has 0 aliphatic heterocycles. The zero-order chi connectivity index (χ0) is 12.1. The average molecular weight is 260 g/mol. The van der Waals surface area contributed by atoms with Crippen molar-refractivity contribution in [3.63, 3.8) is 0 Å². The van der Waals surface area contributed by atoms with Crippen LogP contribution in [0.5, 0.6) is 11.5 Å². The standard InChI is InChI=1S/C12H17NO3.ClH/c1-8(2)13-12(14)9-5-6-10(15-3)11(7-9)16-4;/h5-8H,1-4H3,(H,13,14);1H. The van der Waals surface area contributed by atoms with Crippen LogP contribution in [0, 0.1) is 0 Å². The summed E-state index contributed by atoms with van der Waals surface area (Å²) in [4.78, 5) is 11.7. The molecule has 96 valence electrons. The highest BCUT2D eigenvalue weighted by Gasteiger charge is 2.10. The molecule has 0 saturated carbocycles. The lowest BCUT2D eigenvalue weighted by Crippen LogP contribution is -2.30. The van der Waals surface area contributed by atoms with E-state index >= 15 is 0 Å². The number of halogens is 1. The Morgan fingerprint density at radius 2 is 1.76 bits per heavy atom. The Balaban J connectivity index is 0.00000256. The first-order chi connectivity index (χ1) is 7.58. The van der Waals surface area contributed by atoms with Crippen molar-refractivity contribution < 1.29 is 14.3 Å². The molecule has 0 radical (unpaired) electrons. The van der Waals surface area contributed by atoms with E-state index in [-0.39, 0.29) is 24.4 Å². The zero-order valence-electron chi connectivity index (χ0n) is 10.4. The van der Waals surface area contributed by atoms with Gasteiger partial charge < -0.3 is 14.8 Å². The number of hydrogen-bond acceptors (Lipinski definition) is 3. The van der Waals surface area contributed by atoms with Gasteiger partial charge in [-0.2, -0.15) is 0 Å². The van der Waals surface area contributed by atoms with Crippen molar-refractivity contribution >= 4 is 18.3 Å². The van der Waals surface area contributed by atoms with Crippen LogP contribution in [0.15, 0.2) is 18.2 Å². The lowest BCUT2D eigenvalue weighted by molar-refractivity contribution is 0.0942. The van der Waals surface area contributed by atoms with Crippen LogP contribution >= 0.6 is 12.4 Å². The quantitative estimate of drug-likeness (QED) is 0.902. The van der Waals surface area contributed by atoms with E-state index in [1.807, 2.05) is 13.8 Å². The predicted octanol–water partition coefficient (Wildman–Crippen LogP) is 2.26. The van der Waals surface area contributed by atoms with Gasteiger partial charge in [-0.1, -0.05) is 0 Å². The van der Waals surface area contributed by atoms with Gasteiger partial charge in [0.1, 0.15) is 0 Å². The lowest BCUT2D eigenvalue weighted by atomic mass is 10.2. The molecule has 0 bridgehead atoms. The minimum atomic E-state index is -0.115. The second kappa shape index (κ2) is 7.01. The number of hydrogen-bond donors (Lipinski definition) is 1. The smallest absolute Gasteiger partial charge is 0.251 e. The second-order valence-electron chi connectivity index (χ2n) is 3.70. The highest BCUT2D eigenvalue weighted by Crippen LogP contribution is 2.27. The number of rotatable bonds is 4. The van der Waals surface area contributed by atoms with E-state index in [2.05, 4.69) is 5.32 Å². The Hall–Kier alpha value is -1.42. The summed E-state index contributed by atoms with van der Waals surface area (Å²) in [7, 11) is 3.10. The number of methoxy groups -OCH3 is 2. The number of nitrogens with one attached hydrogen (secondary N) is 1. The van der Waals surface area contributed by atoms with E-state index in [1.54, 1.807) is 32.4 Å². The number of ether oxygens (including phenoxy) is 2. The molecule has 0 spiro atoms. The fourth-order valence-corrected chi connectivity index (χ4v) is 1.32. The van der Waals surface area contributed by atoms with Crippen LogP contribution < -0.4 is 14.8 Å². The highest BCUT2D eigenvalue weighted by molar-refractivity contribution is 5.95. The van der Waals surface area contributed by atoms with Gasteiger partial charge in [0.2, 0.25) is 0 Å². The molecular weight excluding hydrogens is 242 g/mol. The van der Waals surface area contributed by atoms with Crippen molar-refractivity contribution in [1.82, 2.24) is 5.32 Å². The van der Waals surface area contributed by atoms with E-state index in [0.29, 0.717) is 17.1 Å². The Morgan fingerprint density at radius 1 is 1.18 bits per heavy atom. The van der Waals surface area contributed by atoms with Gasteiger partial charge >= 0.3 is 0 Å². The molecule has 1 N–H and O–H groups in total. The first-order valence-corrected chi connectivity index (χ1v) is 5.11. The van der Waals surface area contributed by atoms with E-state index in [0.717, 1.165) is 0 Å². The zero-order valence-corrected chi connectivity index (χ0v) is 11.3. The topological polar surface area (TPSA) is 47.6 Å². The Morgan fingerprint density at radius 3 is 2.24 bits per heavy atom. The van der Waals surface area contributed by atoms with Crippen LogP contribution in [-0.2, 0) is 0 Å². The van der Waals surface area contributed by atoms with Crippen molar-refractivity contribution in [2.75, 3.05) is 14.2 Å². The van der Waals surface area contributed by atoms with Gasteiger partial charge in [-0.05, 0) is 32.0 Å². The molecule has 1 rings (SSSR count). The van der Waals surface area contributed by atoms with E-state index in [4.69, 9.17) is 9.47 Å². The first-order valence-electron chi connectivity index (χ1n) is 5.11. The highest BCUT2D eigenvalue weighted by atomic mass is 35.5. The molecular formula is C12H18ClNO3. The average Bonchev–Trinajstić information content (AvgIpc) is 2.27. The van der Waals surface area contributed by atoms with E-state index in [1.165, 1.54) is 0 Å². The summed E-state index contributed by atoms with van der Waals surface area (Å²) in [5.41, 5.74) is 0.561. The molecule has 0 fully saturated rings. The van der Waals surface area contributed by atoms with E-state index in [9.17, 15) is 4.79 Å². The normalized spacial score (nSPS) is 9.47. The third-order valence-corrected chi connectivity index (χ3v) is 2.07. The fraction of sp³-hybridized carbons (Fsp3) is 0.417. The van der Waals surface area contributed by atoms with Crippen LogP contribution in [0.2, 0.25) is 0 Å². The van der Waals surface area contributed by atoms with E-state index < -0.39 is 0 Å². The van der Waals surface area contributed by atoms with Gasteiger partial charge in [0.05, 0.1) is 14.2 Å². The van der Waals surface area contributed by atoms with Crippen LogP contribution in [0.1, 0.15) is 24.2 Å². The molecule has 17 heavy (non-hydrogen) atoms. The molecule has 0 aromatic heterocycles. The summed E-state index contributed by atoms with van der Waals surface area (Å²) in [6.07, 6.45) is 0. The molecule has 0 saturated heterocycles. The fourth-order valence-electron chi connectivity index (χ4n) is 1.32. The maximum absolute atomic E-state index is 11.7. The van der Waals surface area contributed by atoms with Crippen molar-refractivity contribution in [1.29, 1.82) is 0 Å². The molecule has 1 aromatic carbocycles. The van der Waals surface area contributed by atoms with Crippen molar-refractivity contribution in [3.05, 3.63) is 23.8 Å². The third kappa shape index (κ3) is 4.15. The number of amides is 1. The molecule has 4 nitrogen and oxygen atoms in total. The monoisotopic (exact) mass is 259 g/mol. The molecule has 0 atom stereocenters. The van der Waals surface area contributed by atoms with Crippen molar-refractivity contribution in [3.8, 4) is 11.5 Å². The van der Waals surface area contributed by atoms with Gasteiger partial charge in [-0.15, -0.1) is 12.4 Å². The molecule has 0 aliphatic rings. The Labute approximate surface area is 108 Å². The SMILES string of the molecule is COc1ccc(C(=O)NC(C)C)cc1OC.Cl. The van der Waals surface area contributed by atoms with Gasteiger partial charge in [-0.25, -0.2) is 0 Å². The predicted molar refractivity (Wildman–Crippen MR) is 69.4 cm³/mol. The lowest BCUT2D eigenvalue weighted by Gasteiger charge is -2.11. The number of benzene rings is 1. The van der Waals surface area contributed by atoms with Crippen LogP contribution in [0.25, 0.3) is 0 Å². The molecule has 5 heteroatoms. The maximum Gasteiger partial charge on any atom is 0.251 e. The minimum absolute atomic E-state index is 0. The summed E-state index contributed by atoms with van der Waals surface area (Å²) in [6.45, 7) is 3.83. The third-order valence-electron chi connectivity index (χ3n) is 2.07. The summed E-state index contributed by atoms with van der Waals surface area (Å²) < 4.78 is 10.2. The first kappa shape index (κ1) is 15.6. The van der Waals surface area contributed by atoms with Gasteiger partial charge in [0.15, 0.2) is 11.5 Å². The van der Waals surface area contributed by atoms with Gasteiger partial charge in [0, 0.05) is 11.6 Å². The van der Waals surface area contributed by atoms with Crippen LogP contribution in [0.4, 0.5) is 0 Å². The maximum atomic E-state index is 11.7. The summed E-state index contributed by atoms with van der Waals surface area (Å²) in [5, 5.41) is 2.81. The Bertz CT molecular complexity index is 380. The molecule has 0 unspecified atom stereocenters. The summed E-state index contributed by atoms with van der Waals surface area (Å²) in [5.74, 6) is 1.05. The van der Waals surface area contributed by atoms with Crippen LogP contribution in [-0.4, -0.2) is 26.2 Å². The summed E-state index contributed by atoms with van der Waals surface area (Å²) in [6, 6.07) is 5.20. The van der Waals surface area contributed by atoms with Crippen molar-refractivity contribution in [2.24, 2.45) is 0 Å². The number of carbonyl (C=O) groups is 1. The molecule has 1 aromatic rings. The van der Waals surface area contributed by atoms with Crippen molar-refractivity contribution in [2.45, 2.75) is 19.9 Å². The second-order valence-corrected chi connectivity index (χ2v) is 3.70. The van der Waals surface area contributed by atoms with Gasteiger partial charge in [-0.3, -0.25) is 4.79 Å². The summed E-state index contributed by atoms with van der Waals surface area (Å²) >= 11 is 0. The molecule has 1 amide bonds. The van der Waals surface area contributed by atoms with Crippen LogP contribution in [0.3, 0.4) is 0 Å². The largest absolute Gasteiger partial charge is 0.493 e. The Kier molecular flexibility index (Phi) is 6.43. The minimum Gasteiger partial charge on any atom is -0.493 e. The molecule has 0 heterocycles. The number of carbonyl (C=O) groups excluding carboxylic acids is 1. The van der Waals surface area contributed by atoms with Gasteiger partial charge in [0.25, 0.3) is 5.91 Å². The molecule has 0 aliphatic carbocycles.